The van der Waals surface area contributed by atoms with Crippen molar-refractivity contribution in [2.45, 2.75) is 6.92 Å². The molecule has 0 unspecified atom stereocenters. The summed E-state index contributed by atoms with van der Waals surface area (Å²) in [6.45, 7) is 1.66. The number of carbonyl (C=O) groups excluding carboxylic acids is 1. The van der Waals surface area contributed by atoms with Crippen molar-refractivity contribution in [2.75, 3.05) is 20.4 Å². The molecule has 0 aliphatic carbocycles. The minimum atomic E-state index is -3.29. The third kappa shape index (κ3) is 2.78. The van der Waals surface area contributed by atoms with Crippen molar-refractivity contribution in [3.8, 4) is 0 Å². The molecule has 0 saturated heterocycles. The molecule has 1 rings (SSSR count). The number of rotatable bonds is 5. The van der Waals surface area contributed by atoms with Crippen LogP contribution in [0.25, 0.3) is 0 Å². The quantitative estimate of drug-likeness (QED) is 0.575. The molecule has 15 heavy (non-hydrogen) atoms. The topological polar surface area (TPSA) is 65.7 Å². The second-order valence-electron chi connectivity index (χ2n) is 2.95. The van der Waals surface area contributed by atoms with Crippen LogP contribution in [0.1, 0.15) is 16.1 Å². The molecule has 0 aliphatic rings. The van der Waals surface area contributed by atoms with Gasteiger partial charge in [0, 0.05) is 14.2 Å². The monoisotopic (exact) mass is 232 g/mol. The minimum absolute atomic E-state index is 0.277. The molecule has 0 bridgehead atoms. The van der Waals surface area contributed by atoms with E-state index in [0.29, 0.717) is 11.3 Å². The van der Waals surface area contributed by atoms with Crippen LogP contribution in [0.4, 0.5) is 0 Å². The molecule has 0 N–H and O–H groups in total. The molecule has 1 aromatic heterocycles. The van der Waals surface area contributed by atoms with Gasteiger partial charge in [0.15, 0.2) is 5.78 Å². The van der Waals surface area contributed by atoms with E-state index < -0.39 is 7.60 Å². The van der Waals surface area contributed by atoms with Gasteiger partial charge in [-0.05, 0) is 13.0 Å². The highest BCUT2D eigenvalue weighted by atomic mass is 31.2. The third-order valence-electron chi connectivity index (χ3n) is 2.05. The third-order valence-corrected chi connectivity index (χ3v) is 3.84. The number of ketones is 1. The molecule has 0 atom stereocenters. The van der Waals surface area contributed by atoms with Crippen molar-refractivity contribution in [1.29, 1.82) is 0 Å². The van der Waals surface area contributed by atoms with Gasteiger partial charge in [0.1, 0.15) is 11.9 Å². The summed E-state index contributed by atoms with van der Waals surface area (Å²) in [4.78, 5) is 11.7. The van der Waals surface area contributed by atoms with Crippen LogP contribution in [0.15, 0.2) is 16.7 Å². The molecule has 84 valence electrons. The lowest BCUT2D eigenvalue weighted by Crippen LogP contribution is -2.08. The summed E-state index contributed by atoms with van der Waals surface area (Å²) in [6, 6.07) is 1.54. The highest BCUT2D eigenvalue weighted by Gasteiger charge is 2.27. The van der Waals surface area contributed by atoms with Crippen molar-refractivity contribution >= 4 is 13.4 Å². The number of hydrogen-bond acceptors (Lipinski definition) is 5. The van der Waals surface area contributed by atoms with Crippen molar-refractivity contribution in [3.05, 3.63) is 23.7 Å². The van der Waals surface area contributed by atoms with E-state index in [9.17, 15) is 9.36 Å². The van der Waals surface area contributed by atoms with Crippen molar-refractivity contribution in [2.24, 2.45) is 0 Å². The average Bonchev–Trinajstić information content (AvgIpc) is 2.64. The summed E-state index contributed by atoms with van der Waals surface area (Å²) in [7, 11) is -0.790. The van der Waals surface area contributed by atoms with E-state index >= 15 is 0 Å². The molecule has 5 nitrogen and oxygen atoms in total. The maximum Gasteiger partial charge on any atom is 0.337 e. The predicted octanol–water partition coefficient (Wildman–Crippen LogP) is 2.26. The zero-order valence-corrected chi connectivity index (χ0v) is 9.74. The first-order chi connectivity index (χ1) is 7.02. The van der Waals surface area contributed by atoms with Crippen molar-refractivity contribution in [3.63, 3.8) is 0 Å². The summed E-state index contributed by atoms with van der Waals surface area (Å²) < 4.78 is 26.0. The number of furan rings is 1. The van der Waals surface area contributed by atoms with E-state index in [1.807, 2.05) is 0 Å². The minimum Gasteiger partial charge on any atom is -0.469 e. The molecule has 0 aromatic carbocycles. The van der Waals surface area contributed by atoms with E-state index in [0.717, 1.165) is 0 Å². The lowest BCUT2D eigenvalue weighted by Gasteiger charge is -2.11. The van der Waals surface area contributed by atoms with Crippen molar-refractivity contribution in [1.82, 2.24) is 0 Å². The molecule has 0 fully saturated rings. The largest absolute Gasteiger partial charge is 0.469 e. The number of carbonyl (C=O) groups is 1. The summed E-state index contributed by atoms with van der Waals surface area (Å²) in [5, 5.41) is 0. The smallest absolute Gasteiger partial charge is 0.337 e. The van der Waals surface area contributed by atoms with Crippen LogP contribution in [0.3, 0.4) is 0 Å². The summed E-state index contributed by atoms with van der Waals surface area (Å²) in [5.74, 6) is 0.187. The molecule has 0 amide bonds. The summed E-state index contributed by atoms with van der Waals surface area (Å²) in [6.07, 6.45) is 1.13. The highest BCUT2D eigenvalue weighted by Crippen LogP contribution is 2.46. The maximum atomic E-state index is 11.7. The first kappa shape index (κ1) is 12.2. The van der Waals surface area contributed by atoms with Gasteiger partial charge in [0.25, 0.3) is 0 Å². The van der Waals surface area contributed by atoms with Gasteiger partial charge >= 0.3 is 7.60 Å². The van der Waals surface area contributed by atoms with Crippen LogP contribution in [0, 0.1) is 6.92 Å². The van der Waals surface area contributed by atoms with E-state index in [2.05, 4.69) is 9.05 Å². The fraction of sp³-hybridized carbons (Fsp3) is 0.444. The average molecular weight is 232 g/mol. The molecule has 0 spiro atoms. The summed E-state index contributed by atoms with van der Waals surface area (Å²) >= 11 is 0. The molecule has 6 heteroatoms. The van der Waals surface area contributed by atoms with E-state index in [1.165, 1.54) is 26.5 Å². The first-order valence-electron chi connectivity index (χ1n) is 4.30. The van der Waals surface area contributed by atoms with E-state index in [4.69, 9.17) is 4.42 Å². The van der Waals surface area contributed by atoms with Crippen LogP contribution in [0.5, 0.6) is 0 Å². The fourth-order valence-electron chi connectivity index (χ4n) is 1.14. The van der Waals surface area contributed by atoms with Gasteiger partial charge in [-0.3, -0.25) is 9.36 Å². The van der Waals surface area contributed by atoms with Gasteiger partial charge in [-0.15, -0.1) is 0 Å². The van der Waals surface area contributed by atoms with Crippen molar-refractivity contribution < 1.29 is 22.8 Å². The molecular weight excluding hydrogens is 219 g/mol. The molecule has 0 saturated carbocycles. The molecule has 1 heterocycles. The van der Waals surface area contributed by atoms with Crippen LogP contribution >= 0.6 is 7.60 Å². The summed E-state index contributed by atoms with van der Waals surface area (Å²) in [5.41, 5.74) is 0.407. The van der Waals surface area contributed by atoms with Gasteiger partial charge in [-0.2, -0.15) is 0 Å². The van der Waals surface area contributed by atoms with Gasteiger partial charge in [0.2, 0.25) is 0 Å². The Bertz CT molecular complexity index is 387. The Kier molecular flexibility index (Phi) is 3.85. The van der Waals surface area contributed by atoms with Crippen LogP contribution in [0.2, 0.25) is 0 Å². The van der Waals surface area contributed by atoms with Crippen LogP contribution in [-0.2, 0) is 13.6 Å². The van der Waals surface area contributed by atoms with Gasteiger partial charge in [0.05, 0.1) is 11.8 Å². The Labute approximate surface area is 87.9 Å². The lowest BCUT2D eigenvalue weighted by atomic mass is 10.2. The van der Waals surface area contributed by atoms with E-state index in [-0.39, 0.29) is 11.9 Å². The van der Waals surface area contributed by atoms with E-state index in [1.54, 1.807) is 6.92 Å². The number of hydrogen-bond donors (Lipinski definition) is 0. The molecular formula is C9H13O5P. The lowest BCUT2D eigenvalue weighted by molar-refractivity contribution is 0.101. The zero-order valence-electron chi connectivity index (χ0n) is 8.85. The molecule has 0 radical (unpaired) electrons. The Morgan fingerprint density at radius 3 is 2.47 bits per heavy atom. The maximum absolute atomic E-state index is 11.7. The normalized spacial score (nSPS) is 11.7. The predicted molar refractivity (Wildman–Crippen MR) is 54.3 cm³/mol. The number of aryl methyl sites for hydroxylation is 1. The SMILES string of the molecule is COP(=O)(CC(=O)c1ccoc1C)OC. The fourth-order valence-corrected chi connectivity index (χ4v) is 2.07. The zero-order chi connectivity index (χ0) is 11.5. The van der Waals surface area contributed by atoms with Gasteiger partial charge in [-0.1, -0.05) is 0 Å². The highest BCUT2D eigenvalue weighted by molar-refractivity contribution is 7.54. The Morgan fingerprint density at radius 2 is 2.07 bits per heavy atom. The standard InChI is InChI=1S/C9H13O5P/c1-7-8(4-5-14-7)9(10)6-15(11,12-2)13-3/h4-5H,6H2,1-3H3. The first-order valence-corrected chi connectivity index (χ1v) is 6.03. The van der Waals surface area contributed by atoms with Crippen LogP contribution < -0.4 is 0 Å². The second kappa shape index (κ2) is 4.75. The Hall–Kier alpha value is -0.900. The van der Waals surface area contributed by atoms with Gasteiger partial charge < -0.3 is 13.5 Å². The second-order valence-corrected chi connectivity index (χ2v) is 5.22. The Balaban J connectivity index is 2.81. The Morgan fingerprint density at radius 1 is 1.47 bits per heavy atom. The van der Waals surface area contributed by atoms with Crippen LogP contribution in [-0.4, -0.2) is 26.2 Å². The molecule has 1 aromatic rings. The molecule has 0 aliphatic heterocycles. The van der Waals surface area contributed by atoms with Gasteiger partial charge in [-0.25, -0.2) is 0 Å². The number of Topliss-reactive ketones (excluding diaryl/α,β-unsaturated/α-hetero) is 1.